The highest BCUT2D eigenvalue weighted by atomic mass is 79.9. The number of hydrogen-bond acceptors (Lipinski definition) is 4. The molecule has 0 fully saturated rings. The lowest BCUT2D eigenvalue weighted by molar-refractivity contribution is -0.133. The van der Waals surface area contributed by atoms with E-state index in [4.69, 9.17) is 9.47 Å². The van der Waals surface area contributed by atoms with Crippen LogP contribution in [0.2, 0.25) is 0 Å². The molecule has 0 aliphatic carbocycles. The SMILES string of the molecule is CC(Oc1ccc2ccccc2c1)C(=O)NNC(=O)COc1ccc(Br)cc1. The summed E-state index contributed by atoms with van der Waals surface area (Å²) in [7, 11) is 0. The molecule has 0 saturated heterocycles. The van der Waals surface area contributed by atoms with Gasteiger partial charge in [-0.2, -0.15) is 0 Å². The second kappa shape index (κ2) is 9.23. The Morgan fingerprint density at radius 2 is 1.61 bits per heavy atom. The fourth-order valence-corrected chi connectivity index (χ4v) is 2.71. The lowest BCUT2D eigenvalue weighted by Crippen LogP contribution is -2.48. The van der Waals surface area contributed by atoms with Gasteiger partial charge in [-0.1, -0.05) is 46.3 Å². The zero-order chi connectivity index (χ0) is 19.9. The topological polar surface area (TPSA) is 76.7 Å². The van der Waals surface area contributed by atoms with E-state index < -0.39 is 17.9 Å². The number of carbonyl (C=O) groups excluding carboxylic acids is 2. The van der Waals surface area contributed by atoms with Crippen LogP contribution in [-0.4, -0.2) is 24.5 Å². The third-order valence-electron chi connectivity index (χ3n) is 3.91. The maximum atomic E-state index is 12.1. The van der Waals surface area contributed by atoms with Crippen LogP contribution in [0.1, 0.15) is 6.92 Å². The van der Waals surface area contributed by atoms with E-state index in [0.29, 0.717) is 11.5 Å². The molecule has 1 unspecified atom stereocenters. The lowest BCUT2D eigenvalue weighted by Gasteiger charge is -2.15. The fraction of sp³-hybridized carbons (Fsp3) is 0.143. The number of hydrazine groups is 1. The first-order chi connectivity index (χ1) is 13.5. The molecule has 0 bridgehead atoms. The van der Waals surface area contributed by atoms with Crippen LogP contribution in [0.5, 0.6) is 11.5 Å². The normalized spacial score (nSPS) is 11.5. The van der Waals surface area contributed by atoms with Gasteiger partial charge in [0.15, 0.2) is 12.7 Å². The van der Waals surface area contributed by atoms with Crippen LogP contribution in [0.3, 0.4) is 0 Å². The van der Waals surface area contributed by atoms with Crippen molar-refractivity contribution in [2.45, 2.75) is 13.0 Å². The Morgan fingerprint density at radius 1 is 0.929 bits per heavy atom. The number of hydrogen-bond donors (Lipinski definition) is 2. The van der Waals surface area contributed by atoms with Crippen molar-refractivity contribution in [3.05, 3.63) is 71.2 Å². The monoisotopic (exact) mass is 442 g/mol. The highest BCUT2D eigenvalue weighted by Gasteiger charge is 2.15. The molecule has 3 aromatic rings. The van der Waals surface area contributed by atoms with Crippen LogP contribution in [0, 0.1) is 0 Å². The summed E-state index contributed by atoms with van der Waals surface area (Å²) in [6.45, 7) is 1.39. The molecule has 0 saturated carbocycles. The molecule has 144 valence electrons. The van der Waals surface area contributed by atoms with Gasteiger partial charge in [-0.25, -0.2) is 0 Å². The highest BCUT2D eigenvalue weighted by molar-refractivity contribution is 9.10. The van der Waals surface area contributed by atoms with Gasteiger partial charge < -0.3 is 9.47 Å². The maximum absolute atomic E-state index is 12.1. The summed E-state index contributed by atoms with van der Waals surface area (Å²) in [4.78, 5) is 23.9. The molecular formula is C21H19BrN2O4. The summed E-state index contributed by atoms with van der Waals surface area (Å²) in [5.74, 6) is 0.184. The zero-order valence-electron chi connectivity index (χ0n) is 15.1. The van der Waals surface area contributed by atoms with Gasteiger partial charge in [-0.05, 0) is 54.1 Å². The molecule has 0 radical (unpaired) electrons. The molecule has 0 spiro atoms. The van der Waals surface area contributed by atoms with Crippen LogP contribution < -0.4 is 20.3 Å². The van der Waals surface area contributed by atoms with Gasteiger partial charge in [0.1, 0.15) is 11.5 Å². The van der Waals surface area contributed by atoms with Crippen molar-refractivity contribution in [3.8, 4) is 11.5 Å². The van der Waals surface area contributed by atoms with Gasteiger partial charge in [0.2, 0.25) is 0 Å². The van der Waals surface area contributed by atoms with Crippen LogP contribution in [0.4, 0.5) is 0 Å². The van der Waals surface area contributed by atoms with Crippen LogP contribution in [0.25, 0.3) is 10.8 Å². The van der Waals surface area contributed by atoms with Crippen molar-refractivity contribution in [2.75, 3.05) is 6.61 Å². The summed E-state index contributed by atoms with van der Waals surface area (Å²) in [6.07, 6.45) is -0.783. The molecule has 3 aromatic carbocycles. The van der Waals surface area contributed by atoms with E-state index in [9.17, 15) is 9.59 Å². The molecular weight excluding hydrogens is 424 g/mol. The molecule has 0 aliphatic rings. The van der Waals surface area contributed by atoms with E-state index in [1.807, 2.05) is 36.4 Å². The Hall–Kier alpha value is -3.06. The van der Waals surface area contributed by atoms with E-state index in [-0.39, 0.29) is 6.61 Å². The number of ether oxygens (including phenoxy) is 2. The van der Waals surface area contributed by atoms with Crippen molar-refractivity contribution in [3.63, 3.8) is 0 Å². The standard InChI is InChI=1S/C21H19BrN2O4/c1-14(28-19-9-6-15-4-2-3-5-16(15)12-19)21(26)24-23-20(25)13-27-18-10-7-17(22)8-11-18/h2-12,14H,13H2,1H3,(H,23,25)(H,24,26). The second-order valence-electron chi connectivity index (χ2n) is 6.05. The molecule has 0 heterocycles. The van der Waals surface area contributed by atoms with Crippen LogP contribution in [0.15, 0.2) is 71.2 Å². The summed E-state index contributed by atoms with van der Waals surface area (Å²) >= 11 is 3.32. The molecule has 0 aromatic heterocycles. The number of amides is 2. The maximum Gasteiger partial charge on any atom is 0.279 e. The molecule has 2 N–H and O–H groups in total. The molecule has 0 aliphatic heterocycles. The Kier molecular flexibility index (Phi) is 6.49. The molecule has 7 heteroatoms. The van der Waals surface area contributed by atoms with Crippen molar-refractivity contribution in [1.29, 1.82) is 0 Å². The van der Waals surface area contributed by atoms with Crippen molar-refractivity contribution in [1.82, 2.24) is 10.9 Å². The van der Waals surface area contributed by atoms with Gasteiger partial charge in [0.05, 0.1) is 0 Å². The second-order valence-corrected chi connectivity index (χ2v) is 6.96. The number of carbonyl (C=O) groups is 2. The van der Waals surface area contributed by atoms with Gasteiger partial charge in [-0.15, -0.1) is 0 Å². The van der Waals surface area contributed by atoms with Gasteiger partial charge in [0.25, 0.3) is 11.8 Å². The average molecular weight is 443 g/mol. The minimum absolute atomic E-state index is 0.220. The average Bonchev–Trinajstić information content (AvgIpc) is 2.71. The Morgan fingerprint density at radius 3 is 2.36 bits per heavy atom. The predicted molar refractivity (Wildman–Crippen MR) is 110 cm³/mol. The van der Waals surface area contributed by atoms with Crippen molar-refractivity contribution < 1.29 is 19.1 Å². The first-order valence-corrected chi connectivity index (χ1v) is 9.43. The first-order valence-electron chi connectivity index (χ1n) is 8.64. The first kappa shape index (κ1) is 19.7. The van der Waals surface area contributed by atoms with Crippen LogP contribution >= 0.6 is 15.9 Å². The van der Waals surface area contributed by atoms with E-state index >= 15 is 0 Å². The number of nitrogens with one attached hydrogen (secondary N) is 2. The summed E-state index contributed by atoms with van der Waals surface area (Å²) < 4.78 is 11.9. The quantitative estimate of drug-likeness (QED) is 0.571. The summed E-state index contributed by atoms with van der Waals surface area (Å²) in [5.41, 5.74) is 4.64. The minimum Gasteiger partial charge on any atom is -0.484 e. The highest BCUT2D eigenvalue weighted by Crippen LogP contribution is 2.21. The van der Waals surface area contributed by atoms with Gasteiger partial charge >= 0.3 is 0 Å². The van der Waals surface area contributed by atoms with E-state index in [0.717, 1.165) is 15.2 Å². The number of rotatable bonds is 6. The fourth-order valence-electron chi connectivity index (χ4n) is 2.45. The van der Waals surface area contributed by atoms with E-state index in [1.165, 1.54) is 0 Å². The Labute approximate surface area is 170 Å². The zero-order valence-corrected chi connectivity index (χ0v) is 16.7. The summed E-state index contributed by atoms with van der Waals surface area (Å²) in [5, 5.41) is 2.11. The Bertz CT molecular complexity index is 976. The largest absolute Gasteiger partial charge is 0.484 e. The third-order valence-corrected chi connectivity index (χ3v) is 4.44. The number of benzene rings is 3. The number of fused-ring (bicyclic) bond motifs is 1. The lowest BCUT2D eigenvalue weighted by atomic mass is 10.1. The molecule has 6 nitrogen and oxygen atoms in total. The predicted octanol–water partition coefficient (Wildman–Crippen LogP) is 3.60. The van der Waals surface area contributed by atoms with E-state index in [1.54, 1.807) is 37.3 Å². The van der Waals surface area contributed by atoms with Crippen molar-refractivity contribution >= 4 is 38.5 Å². The summed E-state index contributed by atoms with van der Waals surface area (Å²) in [6, 6.07) is 20.5. The third kappa shape index (κ3) is 5.47. The molecule has 28 heavy (non-hydrogen) atoms. The smallest absolute Gasteiger partial charge is 0.279 e. The molecule has 1 atom stereocenters. The van der Waals surface area contributed by atoms with E-state index in [2.05, 4.69) is 26.8 Å². The molecule has 2 amide bonds. The van der Waals surface area contributed by atoms with Crippen molar-refractivity contribution in [2.24, 2.45) is 0 Å². The van der Waals surface area contributed by atoms with Gasteiger partial charge in [0, 0.05) is 4.47 Å². The molecule has 3 rings (SSSR count). The number of halogens is 1. The minimum atomic E-state index is -0.783. The Balaban J connectivity index is 1.45. The van der Waals surface area contributed by atoms with Crippen LogP contribution in [-0.2, 0) is 9.59 Å². The van der Waals surface area contributed by atoms with Gasteiger partial charge in [-0.3, -0.25) is 20.4 Å².